The lowest BCUT2D eigenvalue weighted by Crippen LogP contribution is -2.44. The molecule has 0 unspecified atom stereocenters. The lowest BCUT2D eigenvalue weighted by molar-refractivity contribution is -0.152. The van der Waals surface area contributed by atoms with E-state index in [1.165, 1.54) is 0 Å². The Balaban J connectivity index is 2.84. The molecule has 1 aliphatic carbocycles. The summed E-state index contributed by atoms with van der Waals surface area (Å²) in [6.07, 6.45) is 0.357. The van der Waals surface area contributed by atoms with Crippen LogP contribution < -0.4 is 5.73 Å². The lowest BCUT2D eigenvalue weighted by Gasteiger charge is -2.15. The molecule has 0 spiro atoms. The molecule has 0 bridgehead atoms. The van der Waals surface area contributed by atoms with E-state index < -0.39 is 23.4 Å². The highest BCUT2D eigenvalue weighted by molar-refractivity contribution is 5.88. The number of nitrogens with two attached hydrogens (primary N) is 1. The van der Waals surface area contributed by atoms with Crippen molar-refractivity contribution in [3.63, 3.8) is 0 Å². The van der Waals surface area contributed by atoms with E-state index in [-0.39, 0.29) is 5.92 Å². The van der Waals surface area contributed by atoms with Crippen molar-refractivity contribution in [1.29, 1.82) is 0 Å². The quantitative estimate of drug-likeness (QED) is 0.534. The summed E-state index contributed by atoms with van der Waals surface area (Å²) >= 11 is 0. The molecule has 68 valence electrons. The van der Waals surface area contributed by atoms with Crippen LogP contribution >= 0.6 is 0 Å². The number of aliphatic carboxylic acids is 2. The Morgan fingerprint density at radius 2 is 2.00 bits per heavy atom. The third-order valence-corrected chi connectivity index (χ3v) is 2.58. The van der Waals surface area contributed by atoms with Crippen molar-refractivity contribution in [3.8, 4) is 0 Å². The second kappa shape index (κ2) is 2.45. The fraction of sp³-hybridized carbons (Fsp3) is 0.714. The van der Waals surface area contributed by atoms with Crippen molar-refractivity contribution in [3.05, 3.63) is 0 Å². The molecule has 5 heteroatoms. The van der Waals surface area contributed by atoms with Gasteiger partial charge in [0.1, 0.15) is 6.04 Å². The highest BCUT2D eigenvalue weighted by Crippen LogP contribution is 2.54. The summed E-state index contributed by atoms with van der Waals surface area (Å²) in [7, 11) is 0. The van der Waals surface area contributed by atoms with Gasteiger partial charge in [-0.15, -0.1) is 0 Å². The van der Waals surface area contributed by atoms with Gasteiger partial charge >= 0.3 is 11.9 Å². The van der Waals surface area contributed by atoms with Crippen molar-refractivity contribution in [2.75, 3.05) is 0 Å². The minimum atomic E-state index is -1.29. The molecule has 1 fully saturated rings. The maximum absolute atomic E-state index is 10.7. The molecule has 1 rings (SSSR count). The smallest absolute Gasteiger partial charge is 0.321 e. The minimum Gasteiger partial charge on any atom is -0.481 e. The van der Waals surface area contributed by atoms with E-state index in [4.69, 9.17) is 15.9 Å². The van der Waals surface area contributed by atoms with E-state index in [0.717, 1.165) is 0 Å². The van der Waals surface area contributed by atoms with Crippen LogP contribution in [0.5, 0.6) is 0 Å². The summed E-state index contributed by atoms with van der Waals surface area (Å²) in [5.74, 6) is -2.49. The maximum Gasteiger partial charge on any atom is 0.321 e. The molecule has 3 atom stereocenters. The standard InChI is InChI=1S/C7H11NO4/c1-3-2-7(3,6(11)12)4(8)5(9)10/h3-4H,2,8H2,1H3,(H,9,10)(H,11,12)/t3-,4+,7-/m0/s1. The molecule has 0 radical (unpaired) electrons. The van der Waals surface area contributed by atoms with Crippen molar-refractivity contribution < 1.29 is 19.8 Å². The third kappa shape index (κ3) is 0.972. The maximum atomic E-state index is 10.7. The fourth-order valence-electron chi connectivity index (χ4n) is 1.53. The van der Waals surface area contributed by atoms with Gasteiger partial charge in [-0.25, -0.2) is 0 Å². The molecule has 1 saturated carbocycles. The summed E-state index contributed by atoms with van der Waals surface area (Å²) in [6, 6.07) is -1.29. The van der Waals surface area contributed by atoms with Gasteiger partial charge < -0.3 is 15.9 Å². The number of carboxylic acids is 2. The van der Waals surface area contributed by atoms with Crippen molar-refractivity contribution in [1.82, 2.24) is 0 Å². The van der Waals surface area contributed by atoms with E-state index in [1.54, 1.807) is 6.92 Å². The average molecular weight is 173 g/mol. The zero-order chi connectivity index (χ0) is 9.52. The zero-order valence-corrected chi connectivity index (χ0v) is 6.65. The Kier molecular flexibility index (Phi) is 1.83. The first-order chi connectivity index (χ1) is 5.43. The van der Waals surface area contributed by atoms with Gasteiger partial charge in [0.25, 0.3) is 0 Å². The van der Waals surface area contributed by atoms with Crippen LogP contribution in [0, 0.1) is 11.3 Å². The van der Waals surface area contributed by atoms with Crippen LogP contribution in [0.25, 0.3) is 0 Å². The summed E-state index contributed by atoms with van der Waals surface area (Å²) in [4.78, 5) is 21.1. The Morgan fingerprint density at radius 1 is 1.58 bits per heavy atom. The van der Waals surface area contributed by atoms with Gasteiger partial charge in [0.2, 0.25) is 0 Å². The monoisotopic (exact) mass is 173 g/mol. The molecule has 0 aromatic rings. The topological polar surface area (TPSA) is 101 Å². The predicted octanol–water partition coefficient (Wildman–Crippen LogP) is -0.491. The fourth-order valence-corrected chi connectivity index (χ4v) is 1.53. The first kappa shape index (κ1) is 8.99. The molecular formula is C7H11NO4. The van der Waals surface area contributed by atoms with Crippen LogP contribution in [-0.2, 0) is 9.59 Å². The number of hydrogen-bond acceptors (Lipinski definition) is 3. The normalized spacial score (nSPS) is 35.7. The SMILES string of the molecule is C[C@H]1C[C@@]1(C(=O)O)[C@H](N)C(=O)O. The van der Waals surface area contributed by atoms with Crippen LogP contribution in [0.3, 0.4) is 0 Å². The molecule has 5 nitrogen and oxygen atoms in total. The van der Waals surface area contributed by atoms with E-state index in [2.05, 4.69) is 0 Å². The number of hydrogen-bond donors (Lipinski definition) is 3. The van der Waals surface area contributed by atoms with Gasteiger partial charge in [-0.2, -0.15) is 0 Å². The van der Waals surface area contributed by atoms with Gasteiger partial charge in [-0.3, -0.25) is 9.59 Å². The van der Waals surface area contributed by atoms with Crippen LogP contribution in [0.2, 0.25) is 0 Å². The first-order valence-corrected chi connectivity index (χ1v) is 3.64. The van der Waals surface area contributed by atoms with Gasteiger partial charge in [-0.1, -0.05) is 6.92 Å². The Hall–Kier alpha value is -1.10. The summed E-state index contributed by atoms with van der Waals surface area (Å²) in [5, 5.41) is 17.3. The summed E-state index contributed by atoms with van der Waals surface area (Å²) in [6.45, 7) is 1.69. The minimum absolute atomic E-state index is 0.138. The van der Waals surface area contributed by atoms with E-state index >= 15 is 0 Å². The average Bonchev–Trinajstić information content (AvgIpc) is 2.61. The Morgan fingerprint density at radius 3 is 2.08 bits per heavy atom. The van der Waals surface area contributed by atoms with E-state index in [0.29, 0.717) is 6.42 Å². The lowest BCUT2D eigenvalue weighted by atomic mass is 9.95. The molecule has 0 aromatic heterocycles. The van der Waals surface area contributed by atoms with Gasteiger partial charge in [0, 0.05) is 0 Å². The highest BCUT2D eigenvalue weighted by Gasteiger charge is 2.63. The molecule has 0 heterocycles. The predicted molar refractivity (Wildman–Crippen MR) is 39.5 cm³/mol. The van der Waals surface area contributed by atoms with Gasteiger partial charge in [0.15, 0.2) is 0 Å². The molecule has 12 heavy (non-hydrogen) atoms. The summed E-state index contributed by atoms with van der Waals surface area (Å²) < 4.78 is 0. The molecule has 4 N–H and O–H groups in total. The first-order valence-electron chi connectivity index (χ1n) is 3.64. The van der Waals surface area contributed by atoms with Crippen LogP contribution in [-0.4, -0.2) is 28.2 Å². The molecule has 0 aliphatic heterocycles. The second-order valence-electron chi connectivity index (χ2n) is 3.27. The van der Waals surface area contributed by atoms with Crippen molar-refractivity contribution in [2.45, 2.75) is 19.4 Å². The van der Waals surface area contributed by atoms with Crippen LogP contribution in [0.4, 0.5) is 0 Å². The largest absolute Gasteiger partial charge is 0.481 e. The third-order valence-electron chi connectivity index (χ3n) is 2.58. The highest BCUT2D eigenvalue weighted by atomic mass is 16.4. The Bertz CT molecular complexity index is 240. The molecule has 0 saturated heterocycles. The second-order valence-corrected chi connectivity index (χ2v) is 3.27. The van der Waals surface area contributed by atoms with Gasteiger partial charge in [0.05, 0.1) is 5.41 Å². The van der Waals surface area contributed by atoms with Crippen molar-refractivity contribution in [2.24, 2.45) is 17.1 Å². The van der Waals surface area contributed by atoms with Crippen molar-refractivity contribution >= 4 is 11.9 Å². The number of carbonyl (C=O) groups is 2. The molecular weight excluding hydrogens is 162 g/mol. The van der Waals surface area contributed by atoms with Crippen LogP contribution in [0.15, 0.2) is 0 Å². The zero-order valence-electron chi connectivity index (χ0n) is 6.65. The number of carboxylic acid groups (broad SMARTS) is 2. The molecule has 1 aliphatic rings. The molecule has 0 amide bonds. The van der Waals surface area contributed by atoms with Crippen LogP contribution in [0.1, 0.15) is 13.3 Å². The number of rotatable bonds is 3. The molecule has 0 aromatic carbocycles. The van der Waals surface area contributed by atoms with Gasteiger partial charge in [-0.05, 0) is 12.3 Å². The summed E-state index contributed by atoms with van der Waals surface area (Å²) in [5.41, 5.74) is 4.05. The Labute approximate surface area is 69.2 Å². The van der Waals surface area contributed by atoms with E-state index in [9.17, 15) is 9.59 Å². The van der Waals surface area contributed by atoms with E-state index in [1.807, 2.05) is 0 Å².